The molecule has 0 aromatic heterocycles. The molecule has 0 fully saturated rings. The zero-order valence-electron chi connectivity index (χ0n) is 11.3. The van der Waals surface area contributed by atoms with Gasteiger partial charge in [0.1, 0.15) is 18.5 Å². The molecule has 1 atom stereocenters. The van der Waals surface area contributed by atoms with Crippen molar-refractivity contribution in [3.63, 3.8) is 0 Å². The predicted octanol–water partition coefficient (Wildman–Crippen LogP) is 3.47. The Bertz CT molecular complexity index is 420. The van der Waals surface area contributed by atoms with E-state index in [2.05, 4.69) is 13.2 Å². The molecular formula is C16H20O3. The summed E-state index contributed by atoms with van der Waals surface area (Å²) in [6, 6.07) is 7.52. The second-order valence-corrected chi connectivity index (χ2v) is 4.11. The number of ether oxygens (including phenoxy) is 2. The number of Topliss-reactive ketones (excluding diaryl/α,β-unsaturated/α-hetero) is 1. The first-order valence-electron chi connectivity index (χ1n) is 6.22. The van der Waals surface area contributed by atoms with Crippen LogP contribution in [0.1, 0.15) is 24.5 Å². The molecule has 1 rings (SSSR count). The summed E-state index contributed by atoms with van der Waals surface area (Å²) in [5, 5.41) is 0. The number of hydrogen-bond acceptors (Lipinski definition) is 3. The lowest BCUT2D eigenvalue weighted by atomic mass is 10.1. The quantitative estimate of drug-likeness (QED) is 0.638. The van der Waals surface area contributed by atoms with Gasteiger partial charge in [0, 0.05) is 6.42 Å². The molecule has 0 amide bonds. The number of benzene rings is 1. The lowest BCUT2D eigenvalue weighted by Gasteiger charge is -2.14. The molecule has 1 unspecified atom stereocenters. The van der Waals surface area contributed by atoms with Crippen molar-refractivity contribution in [2.75, 3.05) is 13.7 Å². The molecule has 3 nitrogen and oxygen atoms in total. The Kier molecular flexibility index (Phi) is 6.61. The molecule has 0 aliphatic heterocycles. The lowest BCUT2D eigenvalue weighted by molar-refractivity contribution is -0.124. The minimum absolute atomic E-state index is 0.0697. The number of allylic oxidation sites excluding steroid dienone is 1. The standard InChI is InChI=1S/C16H20O3/c1-4-6-7-14(17)12-19-16(5-2)13-8-10-15(18-3)11-9-13/h4-5,8-11,16H,1-2,6-7,12H2,3H3. The van der Waals surface area contributed by atoms with Crippen LogP contribution in [0.5, 0.6) is 5.75 Å². The van der Waals surface area contributed by atoms with Crippen molar-refractivity contribution >= 4 is 5.78 Å². The van der Waals surface area contributed by atoms with Crippen LogP contribution in [0.4, 0.5) is 0 Å². The van der Waals surface area contributed by atoms with E-state index in [0.29, 0.717) is 12.8 Å². The molecule has 0 spiro atoms. The largest absolute Gasteiger partial charge is 0.497 e. The Labute approximate surface area is 114 Å². The van der Waals surface area contributed by atoms with Gasteiger partial charge in [-0.25, -0.2) is 0 Å². The average Bonchev–Trinajstić information content (AvgIpc) is 2.46. The molecule has 0 aliphatic rings. The van der Waals surface area contributed by atoms with Gasteiger partial charge in [-0.05, 0) is 24.1 Å². The minimum atomic E-state index is -0.279. The molecule has 0 radical (unpaired) electrons. The molecule has 1 aromatic carbocycles. The van der Waals surface area contributed by atoms with Gasteiger partial charge in [-0.2, -0.15) is 0 Å². The van der Waals surface area contributed by atoms with Crippen LogP contribution in [0, 0.1) is 0 Å². The summed E-state index contributed by atoms with van der Waals surface area (Å²) >= 11 is 0. The first kappa shape index (κ1) is 15.2. The first-order chi connectivity index (χ1) is 9.21. The second-order valence-electron chi connectivity index (χ2n) is 4.11. The molecule has 0 saturated carbocycles. The highest BCUT2D eigenvalue weighted by Crippen LogP contribution is 2.21. The maximum atomic E-state index is 11.5. The number of carbonyl (C=O) groups excluding carboxylic acids is 1. The Morgan fingerprint density at radius 2 is 2.00 bits per heavy atom. The number of carbonyl (C=O) groups is 1. The number of rotatable bonds is 9. The van der Waals surface area contributed by atoms with Crippen LogP contribution < -0.4 is 4.74 Å². The van der Waals surface area contributed by atoms with Crippen molar-refractivity contribution < 1.29 is 14.3 Å². The summed E-state index contributed by atoms with van der Waals surface area (Å²) in [4.78, 5) is 11.5. The van der Waals surface area contributed by atoms with E-state index >= 15 is 0 Å². The van der Waals surface area contributed by atoms with E-state index in [9.17, 15) is 4.79 Å². The van der Waals surface area contributed by atoms with Crippen LogP contribution in [-0.4, -0.2) is 19.5 Å². The van der Waals surface area contributed by atoms with Crippen LogP contribution >= 0.6 is 0 Å². The van der Waals surface area contributed by atoms with E-state index in [1.165, 1.54) is 0 Å². The summed E-state index contributed by atoms with van der Waals surface area (Å²) in [5.41, 5.74) is 0.951. The van der Waals surface area contributed by atoms with Gasteiger partial charge in [0.15, 0.2) is 5.78 Å². The lowest BCUT2D eigenvalue weighted by Crippen LogP contribution is -2.11. The van der Waals surface area contributed by atoms with Crippen molar-refractivity contribution in [3.8, 4) is 5.75 Å². The average molecular weight is 260 g/mol. The molecule has 0 heterocycles. The fourth-order valence-electron chi connectivity index (χ4n) is 1.61. The molecule has 0 aliphatic carbocycles. The van der Waals surface area contributed by atoms with E-state index in [-0.39, 0.29) is 18.5 Å². The highest BCUT2D eigenvalue weighted by molar-refractivity contribution is 5.79. The van der Waals surface area contributed by atoms with E-state index < -0.39 is 0 Å². The Morgan fingerprint density at radius 3 is 2.53 bits per heavy atom. The zero-order chi connectivity index (χ0) is 14.1. The Hall–Kier alpha value is -1.87. The maximum absolute atomic E-state index is 11.5. The van der Waals surface area contributed by atoms with Gasteiger partial charge in [-0.1, -0.05) is 24.3 Å². The molecule has 3 heteroatoms. The highest BCUT2D eigenvalue weighted by Gasteiger charge is 2.10. The van der Waals surface area contributed by atoms with Gasteiger partial charge in [0.25, 0.3) is 0 Å². The van der Waals surface area contributed by atoms with Gasteiger partial charge >= 0.3 is 0 Å². The van der Waals surface area contributed by atoms with E-state index in [0.717, 1.165) is 11.3 Å². The smallest absolute Gasteiger partial charge is 0.158 e. The summed E-state index contributed by atoms with van der Waals surface area (Å²) in [7, 11) is 1.62. The summed E-state index contributed by atoms with van der Waals surface area (Å²) in [6.45, 7) is 7.42. The normalized spacial score (nSPS) is 11.6. The topological polar surface area (TPSA) is 35.5 Å². The predicted molar refractivity (Wildman–Crippen MR) is 76.3 cm³/mol. The van der Waals surface area contributed by atoms with E-state index in [1.54, 1.807) is 19.3 Å². The van der Waals surface area contributed by atoms with Gasteiger partial charge < -0.3 is 9.47 Å². The summed E-state index contributed by atoms with van der Waals surface area (Å²) in [6.07, 6.45) is 4.28. The summed E-state index contributed by atoms with van der Waals surface area (Å²) < 4.78 is 10.7. The third-order valence-electron chi connectivity index (χ3n) is 2.71. The third-order valence-corrected chi connectivity index (χ3v) is 2.71. The van der Waals surface area contributed by atoms with E-state index in [1.807, 2.05) is 24.3 Å². The summed E-state index contributed by atoms with van der Waals surface area (Å²) in [5.74, 6) is 0.855. The maximum Gasteiger partial charge on any atom is 0.158 e. The van der Waals surface area contributed by atoms with Crippen molar-refractivity contribution in [2.45, 2.75) is 18.9 Å². The number of methoxy groups -OCH3 is 1. The van der Waals surface area contributed by atoms with Crippen LogP contribution in [0.2, 0.25) is 0 Å². The monoisotopic (exact) mass is 260 g/mol. The fourth-order valence-corrected chi connectivity index (χ4v) is 1.61. The Balaban J connectivity index is 2.54. The van der Waals surface area contributed by atoms with Gasteiger partial charge in [0.05, 0.1) is 7.11 Å². The fraction of sp³-hybridized carbons (Fsp3) is 0.312. The van der Waals surface area contributed by atoms with Crippen molar-refractivity contribution in [3.05, 3.63) is 55.1 Å². The SMILES string of the molecule is C=CCCC(=O)COC(C=C)c1ccc(OC)cc1. The van der Waals surface area contributed by atoms with Crippen molar-refractivity contribution in [2.24, 2.45) is 0 Å². The molecule has 0 bridgehead atoms. The Morgan fingerprint density at radius 1 is 1.32 bits per heavy atom. The number of hydrogen-bond donors (Lipinski definition) is 0. The van der Waals surface area contributed by atoms with Gasteiger partial charge in [-0.15, -0.1) is 13.2 Å². The molecule has 0 N–H and O–H groups in total. The molecule has 0 saturated heterocycles. The van der Waals surface area contributed by atoms with Crippen LogP contribution in [0.3, 0.4) is 0 Å². The van der Waals surface area contributed by atoms with Gasteiger partial charge in [-0.3, -0.25) is 4.79 Å². The molecule has 1 aromatic rings. The number of ketones is 1. The second kappa shape index (κ2) is 8.27. The molecule has 19 heavy (non-hydrogen) atoms. The van der Waals surface area contributed by atoms with E-state index in [4.69, 9.17) is 9.47 Å². The molecule has 102 valence electrons. The first-order valence-corrected chi connectivity index (χ1v) is 6.22. The highest BCUT2D eigenvalue weighted by atomic mass is 16.5. The van der Waals surface area contributed by atoms with Crippen LogP contribution in [0.15, 0.2) is 49.6 Å². The van der Waals surface area contributed by atoms with Crippen molar-refractivity contribution in [1.82, 2.24) is 0 Å². The third kappa shape index (κ3) is 5.10. The van der Waals surface area contributed by atoms with Crippen LogP contribution in [0.25, 0.3) is 0 Å². The van der Waals surface area contributed by atoms with Crippen molar-refractivity contribution in [1.29, 1.82) is 0 Å². The minimum Gasteiger partial charge on any atom is -0.497 e. The zero-order valence-corrected chi connectivity index (χ0v) is 11.3. The molecular weight excluding hydrogens is 240 g/mol. The van der Waals surface area contributed by atoms with Gasteiger partial charge in [0.2, 0.25) is 0 Å². The van der Waals surface area contributed by atoms with Crippen LogP contribution in [-0.2, 0) is 9.53 Å².